The number of nitrogens with one attached hydrogen (secondary N) is 1. The average Bonchev–Trinajstić information content (AvgIpc) is 2.90. The number of nitriles is 1. The molecule has 0 spiro atoms. The summed E-state index contributed by atoms with van der Waals surface area (Å²) in [5, 5.41) is 12.9. The van der Waals surface area contributed by atoms with Gasteiger partial charge in [-0.1, -0.05) is 66.5 Å². The van der Waals surface area contributed by atoms with E-state index in [1.165, 1.54) is 0 Å². The van der Waals surface area contributed by atoms with Crippen molar-refractivity contribution in [2.75, 3.05) is 25.0 Å². The Morgan fingerprint density at radius 2 is 1.74 bits per heavy atom. The van der Waals surface area contributed by atoms with Crippen molar-refractivity contribution in [3.63, 3.8) is 0 Å². The number of piperidine rings is 1. The van der Waals surface area contributed by atoms with Crippen LogP contribution in [0, 0.1) is 17.2 Å². The Bertz CT molecular complexity index is 1260. The Kier molecular flexibility index (Phi) is 9.69. The molecule has 198 valence electrons. The molecule has 2 unspecified atom stereocenters. The Hall–Kier alpha value is -3.04. The lowest BCUT2D eigenvalue weighted by Gasteiger charge is -2.38. The molecule has 1 N–H and O–H groups in total. The molecule has 3 aromatic carbocycles. The van der Waals surface area contributed by atoms with Gasteiger partial charge in [-0.2, -0.15) is 5.26 Å². The minimum atomic E-state index is -0.533. The van der Waals surface area contributed by atoms with E-state index in [-0.39, 0.29) is 12.0 Å². The first-order valence-corrected chi connectivity index (χ1v) is 13.9. The third kappa shape index (κ3) is 7.29. The number of hydrogen-bond acceptors (Lipinski definition) is 4. The number of amides is 1. The molecule has 0 aliphatic carbocycles. The monoisotopic (exact) mass is 549 g/mol. The fourth-order valence-electron chi connectivity index (χ4n) is 5.46. The first-order chi connectivity index (χ1) is 18.4. The lowest BCUT2D eigenvalue weighted by atomic mass is 9.77. The molecule has 1 aliphatic heterocycles. The predicted molar refractivity (Wildman–Crippen MR) is 155 cm³/mol. The molecule has 5 nitrogen and oxygen atoms in total. The van der Waals surface area contributed by atoms with Gasteiger partial charge in [0.15, 0.2) is 0 Å². The number of nitrogens with zero attached hydrogens (tertiary/aromatic N) is 2. The summed E-state index contributed by atoms with van der Waals surface area (Å²) in [5.41, 5.74) is 4.33. The summed E-state index contributed by atoms with van der Waals surface area (Å²) in [6, 6.07) is 23.1. The molecule has 4 rings (SSSR count). The van der Waals surface area contributed by atoms with Crippen molar-refractivity contribution in [2.24, 2.45) is 5.92 Å². The molecule has 38 heavy (non-hydrogen) atoms. The first kappa shape index (κ1) is 28.0. The molecule has 3 aromatic rings. The second-order valence-electron chi connectivity index (χ2n) is 9.91. The van der Waals surface area contributed by atoms with E-state index >= 15 is 0 Å². The topological polar surface area (TPSA) is 65.4 Å². The van der Waals surface area contributed by atoms with E-state index in [4.69, 9.17) is 27.9 Å². The minimum Gasteiger partial charge on any atom is -0.446 e. The van der Waals surface area contributed by atoms with Crippen molar-refractivity contribution < 1.29 is 9.53 Å². The molecule has 2 atom stereocenters. The number of anilines is 1. The number of carbonyl (C=O) groups excluding carboxylic acids is 1. The third-order valence-corrected chi connectivity index (χ3v) is 7.64. The van der Waals surface area contributed by atoms with Crippen LogP contribution in [-0.2, 0) is 4.74 Å². The summed E-state index contributed by atoms with van der Waals surface area (Å²) < 4.78 is 5.94. The van der Waals surface area contributed by atoms with Gasteiger partial charge < -0.3 is 9.64 Å². The van der Waals surface area contributed by atoms with Gasteiger partial charge in [-0.25, -0.2) is 4.79 Å². The second kappa shape index (κ2) is 13.2. The zero-order valence-electron chi connectivity index (χ0n) is 21.8. The van der Waals surface area contributed by atoms with Gasteiger partial charge in [-0.3, -0.25) is 5.32 Å². The maximum absolute atomic E-state index is 12.8. The molecule has 7 heteroatoms. The van der Waals surface area contributed by atoms with Crippen molar-refractivity contribution in [2.45, 2.75) is 45.1 Å². The Morgan fingerprint density at radius 1 is 1.05 bits per heavy atom. The maximum atomic E-state index is 12.8. The quantitative estimate of drug-likeness (QED) is 0.306. The number of carbonyl (C=O) groups is 1. The second-order valence-corrected chi connectivity index (χ2v) is 10.8. The van der Waals surface area contributed by atoms with Gasteiger partial charge in [-0.15, -0.1) is 0 Å². The summed E-state index contributed by atoms with van der Waals surface area (Å²) in [7, 11) is 0. The summed E-state index contributed by atoms with van der Waals surface area (Å²) >= 11 is 12.2. The van der Waals surface area contributed by atoms with E-state index in [1.807, 2.05) is 25.1 Å². The fourth-order valence-corrected chi connectivity index (χ4v) is 5.99. The highest BCUT2D eigenvalue weighted by atomic mass is 35.5. The number of likely N-dealkylation sites (tertiary alicyclic amines) is 1. The Labute approximate surface area is 235 Å². The standard InChI is InChI=1S/C31H33Cl2N3O2/c1-3-13-36-14-11-25(12-15-36)30(21(2)38-31(37)35-29-18-27(32)17-28(33)19-29)24-9-7-23(8-10-24)26-6-4-5-22(16-26)20-34/h4-10,16-19,21,25,30H,3,11-15H2,1-2H3,(H,35,37). The molecule has 0 aromatic heterocycles. The van der Waals surface area contributed by atoms with E-state index in [1.54, 1.807) is 24.3 Å². The minimum absolute atomic E-state index is 0.0481. The van der Waals surface area contributed by atoms with Crippen molar-refractivity contribution in [1.82, 2.24) is 4.90 Å². The highest BCUT2D eigenvalue weighted by Crippen LogP contribution is 2.38. The molecule has 1 amide bonds. The number of ether oxygens (including phenoxy) is 1. The van der Waals surface area contributed by atoms with E-state index in [0.29, 0.717) is 27.2 Å². The molecular formula is C31H33Cl2N3O2. The van der Waals surface area contributed by atoms with Crippen LogP contribution in [0.25, 0.3) is 11.1 Å². The van der Waals surface area contributed by atoms with Gasteiger partial charge >= 0.3 is 6.09 Å². The Balaban J connectivity index is 1.54. The van der Waals surface area contributed by atoms with Crippen LogP contribution in [0.3, 0.4) is 0 Å². The van der Waals surface area contributed by atoms with Crippen molar-refractivity contribution in [3.8, 4) is 17.2 Å². The van der Waals surface area contributed by atoms with Crippen LogP contribution in [0.2, 0.25) is 10.0 Å². The molecule has 1 fully saturated rings. The van der Waals surface area contributed by atoms with Gasteiger partial charge in [0.1, 0.15) is 6.10 Å². The van der Waals surface area contributed by atoms with Crippen LogP contribution in [-0.4, -0.2) is 36.7 Å². The zero-order valence-corrected chi connectivity index (χ0v) is 23.3. The summed E-state index contributed by atoms with van der Waals surface area (Å²) in [6.45, 7) is 7.40. The number of halogens is 2. The molecule has 1 heterocycles. The largest absolute Gasteiger partial charge is 0.446 e. The number of rotatable bonds is 8. The Morgan fingerprint density at radius 3 is 2.37 bits per heavy atom. The van der Waals surface area contributed by atoms with Crippen molar-refractivity contribution in [3.05, 3.63) is 87.9 Å². The lowest BCUT2D eigenvalue weighted by molar-refractivity contribution is 0.0697. The summed E-state index contributed by atoms with van der Waals surface area (Å²) in [6.07, 6.45) is 2.37. The van der Waals surface area contributed by atoms with Gasteiger partial charge in [0.2, 0.25) is 0 Å². The van der Waals surface area contributed by atoms with Gasteiger partial charge in [0.05, 0.1) is 11.6 Å². The zero-order chi connectivity index (χ0) is 27.1. The lowest BCUT2D eigenvalue weighted by Crippen LogP contribution is -2.39. The first-order valence-electron chi connectivity index (χ1n) is 13.1. The fraction of sp³-hybridized carbons (Fsp3) is 0.355. The normalized spacial score (nSPS) is 15.9. The van der Waals surface area contributed by atoms with Crippen LogP contribution < -0.4 is 5.32 Å². The highest BCUT2D eigenvalue weighted by Gasteiger charge is 2.33. The molecule has 1 saturated heterocycles. The predicted octanol–water partition coefficient (Wildman–Crippen LogP) is 8.37. The third-order valence-electron chi connectivity index (χ3n) is 7.21. The summed E-state index contributed by atoms with van der Waals surface area (Å²) in [5.74, 6) is 0.436. The van der Waals surface area contributed by atoms with Crippen LogP contribution >= 0.6 is 23.2 Å². The molecule has 0 saturated carbocycles. The van der Waals surface area contributed by atoms with Crippen LogP contribution in [0.5, 0.6) is 0 Å². The van der Waals surface area contributed by atoms with E-state index in [0.717, 1.165) is 55.6 Å². The van der Waals surface area contributed by atoms with Gasteiger partial charge in [0.25, 0.3) is 0 Å². The number of benzene rings is 3. The van der Waals surface area contributed by atoms with Crippen molar-refractivity contribution in [1.29, 1.82) is 5.26 Å². The molecule has 1 aliphatic rings. The van der Waals surface area contributed by atoms with Crippen molar-refractivity contribution >= 4 is 35.0 Å². The van der Waals surface area contributed by atoms with Gasteiger partial charge in [0, 0.05) is 21.7 Å². The summed E-state index contributed by atoms with van der Waals surface area (Å²) in [4.78, 5) is 15.4. The average molecular weight is 551 g/mol. The molecule has 0 bridgehead atoms. The SMILES string of the molecule is CCCN1CCC(C(c2ccc(-c3cccc(C#N)c3)cc2)C(C)OC(=O)Nc2cc(Cl)cc(Cl)c2)CC1. The smallest absolute Gasteiger partial charge is 0.411 e. The van der Waals surface area contributed by atoms with Gasteiger partial charge in [-0.05, 0) is 98.8 Å². The van der Waals surface area contributed by atoms with Crippen LogP contribution in [0.1, 0.15) is 50.2 Å². The van der Waals surface area contributed by atoms with Crippen LogP contribution in [0.4, 0.5) is 10.5 Å². The van der Waals surface area contributed by atoms with Crippen LogP contribution in [0.15, 0.2) is 66.7 Å². The maximum Gasteiger partial charge on any atom is 0.411 e. The number of hydrogen-bond donors (Lipinski definition) is 1. The molecular weight excluding hydrogens is 517 g/mol. The van der Waals surface area contributed by atoms with E-state index < -0.39 is 6.09 Å². The van der Waals surface area contributed by atoms with E-state index in [9.17, 15) is 10.1 Å². The van der Waals surface area contributed by atoms with E-state index in [2.05, 4.69) is 47.5 Å². The molecule has 0 radical (unpaired) electrons. The highest BCUT2D eigenvalue weighted by molar-refractivity contribution is 6.35.